The van der Waals surface area contributed by atoms with E-state index in [1.54, 1.807) is 6.07 Å². The molecule has 0 bridgehead atoms. The summed E-state index contributed by atoms with van der Waals surface area (Å²) >= 11 is 5.77. The largest absolute Gasteiger partial charge is 0.327 e. The van der Waals surface area contributed by atoms with Crippen LogP contribution in [0.5, 0.6) is 0 Å². The SMILES string of the molecule is CC(C)C1CCC(N)C(S(=O)c2ccc(F)c(Cl)c2)C1. The molecule has 2 rings (SSSR count). The zero-order valence-corrected chi connectivity index (χ0v) is 13.4. The average molecular weight is 318 g/mol. The number of nitrogens with two attached hydrogens (primary N) is 1. The molecule has 1 saturated carbocycles. The highest BCUT2D eigenvalue weighted by atomic mass is 35.5. The number of rotatable bonds is 3. The van der Waals surface area contributed by atoms with Gasteiger partial charge in [0.25, 0.3) is 0 Å². The second kappa shape index (κ2) is 6.54. The van der Waals surface area contributed by atoms with E-state index in [0.29, 0.717) is 16.7 Å². The Morgan fingerprint density at radius 2 is 2.10 bits per heavy atom. The summed E-state index contributed by atoms with van der Waals surface area (Å²) in [5.74, 6) is 0.638. The Bertz CT molecular complexity index is 509. The zero-order valence-electron chi connectivity index (χ0n) is 11.8. The molecule has 1 aromatic rings. The van der Waals surface area contributed by atoms with Crippen molar-refractivity contribution in [3.63, 3.8) is 0 Å². The molecule has 0 saturated heterocycles. The topological polar surface area (TPSA) is 43.1 Å². The van der Waals surface area contributed by atoms with Crippen molar-refractivity contribution in [2.75, 3.05) is 0 Å². The van der Waals surface area contributed by atoms with Gasteiger partial charge in [0.05, 0.1) is 21.1 Å². The van der Waals surface area contributed by atoms with Crippen LogP contribution in [0.2, 0.25) is 5.02 Å². The van der Waals surface area contributed by atoms with E-state index in [4.69, 9.17) is 17.3 Å². The lowest BCUT2D eigenvalue weighted by atomic mass is 9.79. The Balaban J connectivity index is 2.19. The molecule has 1 aromatic carbocycles. The molecule has 0 spiro atoms. The third-order valence-electron chi connectivity index (χ3n) is 4.22. The third kappa shape index (κ3) is 3.41. The molecule has 2 N–H and O–H groups in total. The summed E-state index contributed by atoms with van der Waals surface area (Å²) in [4.78, 5) is 0.571. The van der Waals surface area contributed by atoms with Gasteiger partial charge in [-0.25, -0.2) is 4.39 Å². The summed E-state index contributed by atoms with van der Waals surface area (Å²) in [6.07, 6.45) is 2.85. The van der Waals surface area contributed by atoms with Gasteiger partial charge in [-0.2, -0.15) is 0 Å². The molecule has 0 heterocycles. The molecular weight excluding hydrogens is 297 g/mol. The molecule has 1 aliphatic carbocycles. The van der Waals surface area contributed by atoms with E-state index in [-0.39, 0.29) is 16.3 Å². The van der Waals surface area contributed by atoms with E-state index in [1.807, 2.05) is 0 Å². The third-order valence-corrected chi connectivity index (χ3v) is 6.32. The van der Waals surface area contributed by atoms with Crippen molar-refractivity contribution in [1.82, 2.24) is 0 Å². The van der Waals surface area contributed by atoms with Crippen molar-refractivity contribution in [2.24, 2.45) is 17.6 Å². The molecule has 5 heteroatoms. The second-order valence-electron chi connectivity index (χ2n) is 5.89. The maximum absolute atomic E-state index is 13.2. The molecule has 0 radical (unpaired) electrons. The van der Waals surface area contributed by atoms with E-state index in [0.717, 1.165) is 19.3 Å². The van der Waals surface area contributed by atoms with Crippen LogP contribution in [0.15, 0.2) is 23.1 Å². The Morgan fingerprint density at radius 1 is 1.40 bits per heavy atom. The zero-order chi connectivity index (χ0) is 14.9. The fourth-order valence-electron chi connectivity index (χ4n) is 2.81. The lowest BCUT2D eigenvalue weighted by molar-refractivity contribution is 0.264. The molecule has 112 valence electrons. The minimum absolute atomic E-state index is 0.0145. The van der Waals surface area contributed by atoms with Crippen LogP contribution in [0.25, 0.3) is 0 Å². The Hall–Kier alpha value is -0.450. The van der Waals surface area contributed by atoms with Gasteiger partial charge in [-0.05, 0) is 49.3 Å². The van der Waals surface area contributed by atoms with Crippen LogP contribution in [0.4, 0.5) is 4.39 Å². The Morgan fingerprint density at radius 3 is 2.70 bits per heavy atom. The fraction of sp³-hybridized carbons (Fsp3) is 0.600. The normalized spacial score (nSPS) is 28.6. The molecule has 0 aromatic heterocycles. The lowest BCUT2D eigenvalue weighted by Crippen LogP contribution is -2.43. The van der Waals surface area contributed by atoms with Crippen molar-refractivity contribution in [2.45, 2.75) is 49.3 Å². The number of benzene rings is 1. The van der Waals surface area contributed by atoms with Crippen LogP contribution >= 0.6 is 11.6 Å². The summed E-state index contributed by atoms with van der Waals surface area (Å²) in [5, 5.41) is -0.0571. The van der Waals surface area contributed by atoms with Crippen LogP contribution in [0.1, 0.15) is 33.1 Å². The second-order valence-corrected chi connectivity index (χ2v) is 7.97. The van der Waals surface area contributed by atoms with E-state index in [2.05, 4.69) is 13.8 Å². The van der Waals surface area contributed by atoms with Gasteiger partial charge in [-0.3, -0.25) is 4.21 Å². The lowest BCUT2D eigenvalue weighted by Gasteiger charge is -2.35. The highest BCUT2D eigenvalue weighted by Crippen LogP contribution is 2.34. The van der Waals surface area contributed by atoms with Gasteiger partial charge in [0.2, 0.25) is 0 Å². The predicted octanol–water partition coefficient (Wildman–Crippen LogP) is 3.74. The first-order valence-electron chi connectivity index (χ1n) is 7.01. The van der Waals surface area contributed by atoms with Gasteiger partial charge in [-0.1, -0.05) is 25.4 Å². The number of hydrogen-bond acceptors (Lipinski definition) is 2. The van der Waals surface area contributed by atoms with Crippen molar-refractivity contribution < 1.29 is 8.60 Å². The first kappa shape index (κ1) is 15.9. The first-order valence-corrected chi connectivity index (χ1v) is 8.60. The van der Waals surface area contributed by atoms with E-state index < -0.39 is 16.6 Å². The smallest absolute Gasteiger partial charge is 0.141 e. The highest BCUT2D eigenvalue weighted by Gasteiger charge is 2.34. The molecule has 20 heavy (non-hydrogen) atoms. The van der Waals surface area contributed by atoms with E-state index in [1.165, 1.54) is 12.1 Å². The highest BCUT2D eigenvalue weighted by molar-refractivity contribution is 7.85. The maximum atomic E-state index is 13.2. The van der Waals surface area contributed by atoms with Gasteiger partial charge < -0.3 is 5.73 Å². The molecule has 4 unspecified atom stereocenters. The minimum atomic E-state index is -1.23. The minimum Gasteiger partial charge on any atom is -0.327 e. The number of halogens is 2. The standard InChI is InChI=1S/C15H21ClFNOS/c1-9(2)10-3-6-14(18)15(7-10)20(19)11-4-5-13(17)12(16)8-11/h4-5,8-10,14-15H,3,6-7,18H2,1-2H3. The monoisotopic (exact) mass is 317 g/mol. The predicted molar refractivity (Wildman–Crippen MR) is 81.8 cm³/mol. The molecule has 2 nitrogen and oxygen atoms in total. The molecular formula is C15H21ClFNOS. The van der Waals surface area contributed by atoms with Gasteiger partial charge in [0.1, 0.15) is 5.82 Å². The molecule has 4 atom stereocenters. The first-order chi connectivity index (χ1) is 9.40. The van der Waals surface area contributed by atoms with Crippen LogP contribution < -0.4 is 5.73 Å². The maximum Gasteiger partial charge on any atom is 0.141 e. The molecule has 1 aliphatic rings. The van der Waals surface area contributed by atoms with Crippen LogP contribution in [0.3, 0.4) is 0 Å². The van der Waals surface area contributed by atoms with Gasteiger partial charge in [-0.15, -0.1) is 0 Å². The van der Waals surface area contributed by atoms with Crippen molar-refractivity contribution in [3.8, 4) is 0 Å². The Kier molecular flexibility index (Phi) is 5.21. The van der Waals surface area contributed by atoms with Crippen LogP contribution in [0, 0.1) is 17.7 Å². The molecule has 0 aliphatic heterocycles. The van der Waals surface area contributed by atoms with Gasteiger partial charge >= 0.3 is 0 Å². The number of hydrogen-bond donors (Lipinski definition) is 1. The summed E-state index contributed by atoms with van der Waals surface area (Å²) < 4.78 is 25.9. The summed E-state index contributed by atoms with van der Waals surface area (Å²) in [7, 11) is -1.23. The molecule has 0 amide bonds. The average Bonchev–Trinajstić information content (AvgIpc) is 2.41. The van der Waals surface area contributed by atoms with Gasteiger partial charge in [0.15, 0.2) is 0 Å². The van der Waals surface area contributed by atoms with E-state index >= 15 is 0 Å². The Labute approximate surface area is 127 Å². The summed E-state index contributed by atoms with van der Waals surface area (Å²) in [5.41, 5.74) is 6.15. The quantitative estimate of drug-likeness (QED) is 0.923. The van der Waals surface area contributed by atoms with Crippen LogP contribution in [-0.4, -0.2) is 15.5 Å². The molecule has 1 fully saturated rings. The van der Waals surface area contributed by atoms with Crippen molar-refractivity contribution in [1.29, 1.82) is 0 Å². The van der Waals surface area contributed by atoms with Gasteiger partial charge in [0, 0.05) is 10.9 Å². The van der Waals surface area contributed by atoms with Crippen LogP contribution in [-0.2, 0) is 10.8 Å². The van der Waals surface area contributed by atoms with Crippen molar-refractivity contribution in [3.05, 3.63) is 29.0 Å². The summed E-state index contributed by atoms with van der Waals surface area (Å²) in [6, 6.07) is 4.21. The van der Waals surface area contributed by atoms with E-state index in [9.17, 15) is 8.60 Å². The summed E-state index contributed by atoms with van der Waals surface area (Å²) in [6.45, 7) is 4.38. The fourth-order valence-corrected chi connectivity index (χ4v) is 4.72. The van der Waals surface area contributed by atoms with Crippen molar-refractivity contribution >= 4 is 22.4 Å².